The lowest BCUT2D eigenvalue weighted by Gasteiger charge is -2.26. The maximum atomic E-state index is 13.3. The van der Waals surface area contributed by atoms with Crippen LogP contribution in [0, 0.1) is 19.7 Å². The van der Waals surface area contributed by atoms with Gasteiger partial charge in [-0.2, -0.15) is 0 Å². The van der Waals surface area contributed by atoms with Crippen molar-refractivity contribution in [2.75, 3.05) is 45.9 Å². The summed E-state index contributed by atoms with van der Waals surface area (Å²) in [4.78, 5) is 29.5. The van der Waals surface area contributed by atoms with Crippen LogP contribution >= 0.6 is 0 Å². The van der Waals surface area contributed by atoms with Crippen LogP contribution in [0.4, 0.5) is 4.39 Å². The molecule has 8 heteroatoms. The molecule has 32 heavy (non-hydrogen) atoms. The van der Waals surface area contributed by atoms with Gasteiger partial charge < -0.3 is 19.4 Å². The molecule has 0 saturated carbocycles. The Hall–Kier alpha value is -2.71. The molecule has 174 valence electrons. The van der Waals surface area contributed by atoms with Crippen LogP contribution in [-0.2, 0) is 16.1 Å². The van der Waals surface area contributed by atoms with Crippen molar-refractivity contribution in [2.45, 2.75) is 33.2 Å². The molecule has 1 fully saturated rings. The highest BCUT2D eigenvalue weighted by molar-refractivity contribution is 5.95. The second-order valence-electron chi connectivity index (χ2n) is 8.09. The van der Waals surface area contributed by atoms with Crippen LogP contribution < -0.4 is 5.32 Å². The molecule has 1 aliphatic heterocycles. The Kier molecular flexibility index (Phi) is 8.81. The topological polar surface area (TPSA) is 75.0 Å². The second kappa shape index (κ2) is 11.8. The summed E-state index contributed by atoms with van der Waals surface area (Å²) in [6.07, 6.45) is 1.07. The number of aryl methyl sites for hydroxylation is 2. The first-order chi connectivity index (χ1) is 15.4. The lowest BCUT2D eigenvalue weighted by molar-refractivity contribution is -0.121. The van der Waals surface area contributed by atoms with E-state index in [1.165, 1.54) is 12.1 Å². The summed E-state index contributed by atoms with van der Waals surface area (Å²) in [6.45, 7) is 9.00. The summed E-state index contributed by atoms with van der Waals surface area (Å²) < 4.78 is 24.1. The van der Waals surface area contributed by atoms with Gasteiger partial charge in [-0.15, -0.1) is 0 Å². The van der Waals surface area contributed by atoms with Gasteiger partial charge in [0.25, 0.3) is 5.91 Å². The standard InChI is InChI=1S/C24H32FN3O4/c1-18-16-22(19(2)32-18)24(30)28(17-20-4-6-21(25)7-5-20)11-8-23(29)26-9-3-10-27-12-14-31-15-13-27/h4-7,16H,3,8-15,17H2,1-2H3,(H,26,29). The molecule has 0 radical (unpaired) electrons. The molecular weight excluding hydrogens is 413 g/mol. The van der Waals surface area contributed by atoms with Gasteiger partial charge in [0.1, 0.15) is 17.3 Å². The Morgan fingerprint density at radius 2 is 1.88 bits per heavy atom. The minimum Gasteiger partial charge on any atom is -0.466 e. The van der Waals surface area contributed by atoms with E-state index in [0.29, 0.717) is 23.6 Å². The van der Waals surface area contributed by atoms with Crippen LogP contribution in [0.3, 0.4) is 0 Å². The SMILES string of the molecule is Cc1cc(C(=O)N(CCC(=O)NCCCN2CCOCC2)Cc2ccc(F)cc2)c(C)o1. The van der Waals surface area contributed by atoms with Crippen LogP contribution in [0.5, 0.6) is 0 Å². The van der Waals surface area contributed by atoms with Crippen LogP contribution in [0.1, 0.15) is 40.3 Å². The van der Waals surface area contributed by atoms with Gasteiger partial charge in [0.15, 0.2) is 0 Å². The summed E-state index contributed by atoms with van der Waals surface area (Å²) in [5.74, 6) is 0.576. The zero-order valence-corrected chi connectivity index (χ0v) is 18.9. The molecule has 2 heterocycles. The fourth-order valence-corrected chi connectivity index (χ4v) is 3.76. The summed E-state index contributed by atoms with van der Waals surface area (Å²) >= 11 is 0. The van der Waals surface area contributed by atoms with Crippen molar-refractivity contribution in [3.8, 4) is 0 Å². The van der Waals surface area contributed by atoms with E-state index in [1.54, 1.807) is 36.9 Å². The maximum Gasteiger partial charge on any atom is 0.257 e. The molecule has 0 atom stereocenters. The summed E-state index contributed by atoms with van der Waals surface area (Å²) in [6, 6.07) is 7.74. The summed E-state index contributed by atoms with van der Waals surface area (Å²) in [5.41, 5.74) is 1.28. The van der Waals surface area contributed by atoms with Crippen molar-refractivity contribution in [3.05, 3.63) is 58.8 Å². The van der Waals surface area contributed by atoms with Crippen LogP contribution in [-0.4, -0.2) is 67.6 Å². The van der Waals surface area contributed by atoms with Gasteiger partial charge in [0.2, 0.25) is 5.91 Å². The molecule has 0 unspecified atom stereocenters. The first-order valence-electron chi connectivity index (χ1n) is 11.1. The number of nitrogens with zero attached hydrogens (tertiary/aromatic N) is 2. The third-order valence-electron chi connectivity index (χ3n) is 5.53. The number of nitrogens with one attached hydrogen (secondary N) is 1. The Balaban J connectivity index is 1.53. The fourth-order valence-electron chi connectivity index (χ4n) is 3.76. The van der Waals surface area contributed by atoms with Gasteiger partial charge in [-0.3, -0.25) is 14.5 Å². The molecule has 7 nitrogen and oxygen atoms in total. The second-order valence-corrected chi connectivity index (χ2v) is 8.09. The molecule has 1 aromatic carbocycles. The highest BCUT2D eigenvalue weighted by atomic mass is 19.1. The third kappa shape index (κ3) is 7.17. The Morgan fingerprint density at radius 1 is 1.16 bits per heavy atom. The van der Waals surface area contributed by atoms with E-state index in [2.05, 4.69) is 10.2 Å². The number of rotatable bonds is 10. The number of furan rings is 1. The lowest BCUT2D eigenvalue weighted by atomic mass is 10.1. The van der Waals surface area contributed by atoms with E-state index in [-0.39, 0.29) is 37.1 Å². The first kappa shape index (κ1) is 23.9. The van der Waals surface area contributed by atoms with Crippen molar-refractivity contribution >= 4 is 11.8 Å². The zero-order chi connectivity index (χ0) is 22.9. The molecule has 3 rings (SSSR count). The van der Waals surface area contributed by atoms with Crippen molar-refractivity contribution in [2.24, 2.45) is 0 Å². The fraction of sp³-hybridized carbons (Fsp3) is 0.500. The third-order valence-corrected chi connectivity index (χ3v) is 5.53. The van der Waals surface area contributed by atoms with E-state index >= 15 is 0 Å². The van der Waals surface area contributed by atoms with Crippen molar-refractivity contribution in [1.82, 2.24) is 15.1 Å². The van der Waals surface area contributed by atoms with Gasteiger partial charge in [-0.1, -0.05) is 12.1 Å². The summed E-state index contributed by atoms with van der Waals surface area (Å²) in [5, 5.41) is 2.94. The normalized spacial score (nSPS) is 14.3. The number of morpholine rings is 1. The number of carbonyl (C=O) groups excluding carboxylic acids is 2. The quantitative estimate of drug-likeness (QED) is 0.569. The predicted molar refractivity (Wildman–Crippen MR) is 119 cm³/mol. The monoisotopic (exact) mass is 445 g/mol. The maximum absolute atomic E-state index is 13.3. The minimum absolute atomic E-state index is 0.0935. The van der Waals surface area contributed by atoms with E-state index < -0.39 is 0 Å². The predicted octanol–water partition coefficient (Wildman–Crippen LogP) is 2.91. The molecule has 1 aromatic heterocycles. The largest absolute Gasteiger partial charge is 0.466 e. The lowest BCUT2D eigenvalue weighted by Crippen LogP contribution is -2.38. The number of benzene rings is 1. The number of hydrogen-bond donors (Lipinski definition) is 1. The van der Waals surface area contributed by atoms with Crippen molar-refractivity contribution in [3.63, 3.8) is 0 Å². The van der Waals surface area contributed by atoms with E-state index in [1.807, 2.05) is 0 Å². The molecule has 0 aliphatic carbocycles. The molecule has 1 aliphatic rings. The number of ether oxygens (including phenoxy) is 1. The van der Waals surface area contributed by atoms with Gasteiger partial charge in [-0.05, 0) is 50.6 Å². The number of amides is 2. The van der Waals surface area contributed by atoms with Crippen LogP contribution in [0.25, 0.3) is 0 Å². The smallest absolute Gasteiger partial charge is 0.257 e. The Bertz CT molecular complexity index is 891. The molecule has 0 spiro atoms. The Labute approximate surface area is 188 Å². The van der Waals surface area contributed by atoms with Crippen LogP contribution in [0.2, 0.25) is 0 Å². The van der Waals surface area contributed by atoms with Crippen LogP contribution in [0.15, 0.2) is 34.7 Å². The summed E-state index contributed by atoms with van der Waals surface area (Å²) in [7, 11) is 0. The number of halogens is 1. The molecule has 2 amide bonds. The average Bonchev–Trinajstić information content (AvgIpc) is 3.13. The molecule has 0 bridgehead atoms. The van der Waals surface area contributed by atoms with Crippen molar-refractivity contribution in [1.29, 1.82) is 0 Å². The molecular formula is C24H32FN3O4. The zero-order valence-electron chi connectivity index (χ0n) is 18.9. The molecule has 1 N–H and O–H groups in total. The van der Waals surface area contributed by atoms with Gasteiger partial charge in [-0.25, -0.2) is 4.39 Å². The Morgan fingerprint density at radius 3 is 2.53 bits per heavy atom. The van der Waals surface area contributed by atoms with E-state index in [9.17, 15) is 14.0 Å². The first-order valence-corrected chi connectivity index (χ1v) is 11.1. The van der Waals surface area contributed by atoms with Crippen molar-refractivity contribution < 1.29 is 23.1 Å². The highest BCUT2D eigenvalue weighted by Crippen LogP contribution is 2.18. The van der Waals surface area contributed by atoms with Gasteiger partial charge in [0, 0.05) is 39.1 Å². The van der Waals surface area contributed by atoms with Gasteiger partial charge in [0.05, 0.1) is 18.8 Å². The molecule has 2 aromatic rings. The minimum atomic E-state index is -0.329. The molecule has 1 saturated heterocycles. The highest BCUT2D eigenvalue weighted by Gasteiger charge is 2.21. The van der Waals surface area contributed by atoms with Gasteiger partial charge >= 0.3 is 0 Å². The number of carbonyl (C=O) groups is 2. The van der Waals surface area contributed by atoms with E-state index in [0.717, 1.165) is 44.8 Å². The van der Waals surface area contributed by atoms with E-state index in [4.69, 9.17) is 9.15 Å². The number of hydrogen-bond acceptors (Lipinski definition) is 5. The average molecular weight is 446 g/mol.